The molecular formula is C14H16F2N2O2. The number of alkyl halides is 2. The minimum atomic E-state index is -2.91. The Morgan fingerprint density at radius 3 is 2.70 bits per heavy atom. The van der Waals surface area contributed by atoms with Crippen LogP contribution in [0.4, 0.5) is 14.6 Å². The van der Waals surface area contributed by atoms with Gasteiger partial charge in [0.25, 0.3) is 0 Å². The van der Waals surface area contributed by atoms with Crippen molar-refractivity contribution in [1.82, 2.24) is 4.98 Å². The molecule has 0 amide bonds. The lowest BCUT2D eigenvalue weighted by atomic mass is 10.1. The smallest absolute Gasteiger partial charge is 0.387 e. The number of nitrogens with zero attached hydrogens (tertiary/aromatic N) is 1. The number of hydrogen-bond donors (Lipinski definition) is 1. The maximum atomic E-state index is 12.6. The summed E-state index contributed by atoms with van der Waals surface area (Å²) in [7, 11) is 1.41. The molecule has 1 aromatic heterocycles. The molecule has 20 heavy (non-hydrogen) atoms. The van der Waals surface area contributed by atoms with Crippen molar-refractivity contribution in [3.63, 3.8) is 0 Å². The number of benzene rings is 1. The van der Waals surface area contributed by atoms with Crippen LogP contribution in [0.3, 0.4) is 0 Å². The Hall–Kier alpha value is -2.11. The van der Waals surface area contributed by atoms with Crippen molar-refractivity contribution in [2.24, 2.45) is 0 Å². The summed E-state index contributed by atoms with van der Waals surface area (Å²) in [6.07, 6.45) is 2.49. The first-order valence-corrected chi connectivity index (χ1v) is 6.31. The topological polar surface area (TPSA) is 43.4 Å². The number of anilines is 1. The van der Waals surface area contributed by atoms with Gasteiger partial charge < -0.3 is 14.8 Å². The zero-order valence-corrected chi connectivity index (χ0v) is 11.3. The molecule has 4 nitrogen and oxygen atoms in total. The SMILES string of the molecule is CCCNc1nccc2c(OC(F)F)c(OC)ccc12. The lowest BCUT2D eigenvalue weighted by molar-refractivity contribution is -0.0501. The Bertz CT molecular complexity index is 591. The highest BCUT2D eigenvalue weighted by Gasteiger charge is 2.16. The first-order valence-electron chi connectivity index (χ1n) is 6.31. The molecule has 1 aromatic carbocycles. The van der Waals surface area contributed by atoms with Crippen LogP contribution in [0, 0.1) is 0 Å². The molecule has 0 fully saturated rings. The third kappa shape index (κ3) is 2.89. The summed E-state index contributed by atoms with van der Waals surface area (Å²) < 4.78 is 34.8. The van der Waals surface area contributed by atoms with Gasteiger partial charge >= 0.3 is 6.61 Å². The van der Waals surface area contributed by atoms with Gasteiger partial charge in [0.15, 0.2) is 11.5 Å². The van der Waals surface area contributed by atoms with Gasteiger partial charge in [-0.1, -0.05) is 6.92 Å². The lowest BCUT2D eigenvalue weighted by Crippen LogP contribution is -2.06. The predicted octanol–water partition coefficient (Wildman–Crippen LogP) is 3.67. The maximum absolute atomic E-state index is 12.6. The molecule has 2 aromatic rings. The Balaban J connectivity index is 2.55. The molecule has 0 bridgehead atoms. The van der Waals surface area contributed by atoms with Crippen LogP contribution in [0.2, 0.25) is 0 Å². The number of rotatable bonds is 6. The Labute approximate surface area is 115 Å². The fourth-order valence-electron chi connectivity index (χ4n) is 1.96. The van der Waals surface area contributed by atoms with E-state index in [2.05, 4.69) is 15.0 Å². The summed E-state index contributed by atoms with van der Waals surface area (Å²) in [5.74, 6) is 0.943. The summed E-state index contributed by atoms with van der Waals surface area (Å²) in [5.41, 5.74) is 0. The molecule has 0 aliphatic carbocycles. The number of halogens is 2. The van der Waals surface area contributed by atoms with E-state index >= 15 is 0 Å². The summed E-state index contributed by atoms with van der Waals surface area (Å²) in [5, 5.41) is 4.42. The predicted molar refractivity (Wildman–Crippen MR) is 73.7 cm³/mol. The van der Waals surface area contributed by atoms with Crippen LogP contribution in [-0.2, 0) is 0 Å². The van der Waals surface area contributed by atoms with Gasteiger partial charge in [0.05, 0.1) is 7.11 Å². The van der Waals surface area contributed by atoms with Crippen molar-refractivity contribution in [3.8, 4) is 11.5 Å². The Kier molecular flexibility index (Phi) is 4.55. The van der Waals surface area contributed by atoms with E-state index in [4.69, 9.17) is 4.74 Å². The number of nitrogens with one attached hydrogen (secondary N) is 1. The Morgan fingerprint density at radius 1 is 1.25 bits per heavy atom. The molecule has 6 heteroatoms. The van der Waals surface area contributed by atoms with Gasteiger partial charge in [-0.05, 0) is 24.6 Å². The van der Waals surface area contributed by atoms with Gasteiger partial charge in [-0.15, -0.1) is 0 Å². The molecule has 0 aliphatic heterocycles. The van der Waals surface area contributed by atoms with Crippen LogP contribution in [0.25, 0.3) is 10.8 Å². The molecule has 0 aliphatic rings. The molecule has 0 saturated heterocycles. The van der Waals surface area contributed by atoms with E-state index in [1.165, 1.54) is 7.11 Å². The zero-order chi connectivity index (χ0) is 14.5. The standard InChI is InChI=1S/C14H16F2N2O2/c1-3-7-17-13-10-4-5-11(19-2)12(20-14(15)16)9(10)6-8-18-13/h4-6,8,14H,3,7H2,1-2H3,(H,17,18). The second-order valence-electron chi connectivity index (χ2n) is 4.16. The van der Waals surface area contributed by atoms with Crippen molar-refractivity contribution in [2.45, 2.75) is 20.0 Å². The minimum absolute atomic E-state index is 0.0296. The number of hydrogen-bond acceptors (Lipinski definition) is 4. The molecule has 0 spiro atoms. The van der Waals surface area contributed by atoms with Gasteiger partial charge in [-0.3, -0.25) is 0 Å². The quantitative estimate of drug-likeness (QED) is 0.878. The fraction of sp³-hybridized carbons (Fsp3) is 0.357. The molecule has 1 N–H and O–H groups in total. The van der Waals surface area contributed by atoms with Crippen LogP contribution >= 0.6 is 0 Å². The summed E-state index contributed by atoms with van der Waals surface area (Å²) in [6.45, 7) is -0.120. The van der Waals surface area contributed by atoms with E-state index in [0.29, 0.717) is 11.2 Å². The molecule has 0 unspecified atom stereocenters. The highest BCUT2D eigenvalue weighted by Crippen LogP contribution is 2.38. The second kappa shape index (κ2) is 6.36. The summed E-state index contributed by atoms with van der Waals surface area (Å²) >= 11 is 0. The molecule has 2 rings (SSSR count). The third-order valence-electron chi connectivity index (χ3n) is 2.83. The van der Waals surface area contributed by atoms with Crippen molar-refractivity contribution >= 4 is 16.6 Å². The number of methoxy groups -OCH3 is 1. The van der Waals surface area contributed by atoms with Gasteiger partial charge in [0, 0.05) is 23.5 Å². The first-order chi connectivity index (χ1) is 9.67. The van der Waals surface area contributed by atoms with E-state index in [1.54, 1.807) is 24.4 Å². The summed E-state index contributed by atoms with van der Waals surface area (Å²) in [4.78, 5) is 4.23. The van der Waals surface area contributed by atoms with Crippen molar-refractivity contribution in [3.05, 3.63) is 24.4 Å². The lowest BCUT2D eigenvalue weighted by Gasteiger charge is -2.14. The van der Waals surface area contributed by atoms with Gasteiger partial charge in [-0.25, -0.2) is 4.98 Å². The largest absolute Gasteiger partial charge is 0.493 e. The summed E-state index contributed by atoms with van der Waals surface area (Å²) in [6, 6.07) is 5.00. The van der Waals surface area contributed by atoms with E-state index in [0.717, 1.165) is 18.4 Å². The number of fused-ring (bicyclic) bond motifs is 1. The van der Waals surface area contributed by atoms with Crippen molar-refractivity contribution in [2.75, 3.05) is 19.0 Å². The van der Waals surface area contributed by atoms with Crippen LogP contribution in [0.5, 0.6) is 11.5 Å². The highest BCUT2D eigenvalue weighted by molar-refractivity contribution is 5.97. The van der Waals surface area contributed by atoms with Crippen LogP contribution < -0.4 is 14.8 Å². The molecule has 108 valence electrons. The average Bonchev–Trinajstić information content (AvgIpc) is 2.45. The van der Waals surface area contributed by atoms with E-state index in [9.17, 15) is 8.78 Å². The van der Waals surface area contributed by atoms with Crippen LogP contribution in [0.15, 0.2) is 24.4 Å². The number of ether oxygens (including phenoxy) is 2. The molecular weight excluding hydrogens is 266 g/mol. The van der Waals surface area contributed by atoms with Gasteiger partial charge in [0.1, 0.15) is 5.82 Å². The third-order valence-corrected chi connectivity index (χ3v) is 2.83. The minimum Gasteiger partial charge on any atom is -0.493 e. The maximum Gasteiger partial charge on any atom is 0.387 e. The Morgan fingerprint density at radius 2 is 2.05 bits per heavy atom. The number of aromatic nitrogens is 1. The molecule has 0 atom stereocenters. The first kappa shape index (κ1) is 14.3. The second-order valence-corrected chi connectivity index (χ2v) is 4.16. The zero-order valence-electron chi connectivity index (χ0n) is 11.3. The van der Waals surface area contributed by atoms with E-state index < -0.39 is 6.61 Å². The average molecular weight is 282 g/mol. The van der Waals surface area contributed by atoms with Crippen molar-refractivity contribution in [1.29, 1.82) is 0 Å². The fourth-order valence-corrected chi connectivity index (χ4v) is 1.96. The van der Waals surface area contributed by atoms with Crippen LogP contribution in [-0.4, -0.2) is 25.3 Å². The van der Waals surface area contributed by atoms with E-state index in [-0.39, 0.29) is 11.5 Å². The molecule has 0 radical (unpaired) electrons. The van der Waals surface area contributed by atoms with Gasteiger partial charge in [-0.2, -0.15) is 8.78 Å². The van der Waals surface area contributed by atoms with Crippen molar-refractivity contribution < 1.29 is 18.3 Å². The monoisotopic (exact) mass is 282 g/mol. The molecule has 0 saturated carbocycles. The van der Waals surface area contributed by atoms with Gasteiger partial charge in [0.2, 0.25) is 0 Å². The highest BCUT2D eigenvalue weighted by atomic mass is 19.3. The van der Waals surface area contributed by atoms with Crippen LogP contribution in [0.1, 0.15) is 13.3 Å². The number of pyridine rings is 1. The van der Waals surface area contributed by atoms with E-state index in [1.807, 2.05) is 6.92 Å². The molecule has 1 heterocycles. The normalized spacial score (nSPS) is 10.8.